The van der Waals surface area contributed by atoms with Crippen molar-refractivity contribution < 1.29 is 19.7 Å². The Bertz CT molecular complexity index is 348. The smallest absolute Gasteiger partial charge is 0.308 e. The van der Waals surface area contributed by atoms with E-state index in [9.17, 15) is 15.0 Å². The molecule has 1 rings (SSSR count). The van der Waals surface area contributed by atoms with Gasteiger partial charge in [0.1, 0.15) is 6.10 Å². The first-order valence-electron chi connectivity index (χ1n) is 5.12. The number of hydrogen-bond acceptors (Lipinski definition) is 5. The molecule has 0 aliphatic heterocycles. The van der Waals surface area contributed by atoms with Crippen molar-refractivity contribution in [2.45, 2.75) is 32.5 Å². The summed E-state index contributed by atoms with van der Waals surface area (Å²) < 4.78 is 4.70. The third-order valence-corrected chi connectivity index (χ3v) is 3.17. The second kappa shape index (κ2) is 5.98. The fourth-order valence-electron chi connectivity index (χ4n) is 1.30. The van der Waals surface area contributed by atoms with Gasteiger partial charge in [-0.25, -0.2) is 0 Å². The second-order valence-corrected chi connectivity index (χ2v) is 4.79. The monoisotopic (exact) mass is 244 g/mol. The van der Waals surface area contributed by atoms with Gasteiger partial charge in [-0.1, -0.05) is 0 Å². The molecule has 0 aromatic carbocycles. The SMILES string of the molecule is CCOC(=O)CC(O)C(O)c1ccc(C)s1. The molecule has 1 aromatic heterocycles. The van der Waals surface area contributed by atoms with Crippen LogP contribution in [0.3, 0.4) is 0 Å². The number of carbonyl (C=O) groups excluding carboxylic acids is 1. The highest BCUT2D eigenvalue weighted by molar-refractivity contribution is 7.12. The van der Waals surface area contributed by atoms with E-state index in [0.717, 1.165) is 4.88 Å². The number of aliphatic hydroxyl groups excluding tert-OH is 2. The van der Waals surface area contributed by atoms with Gasteiger partial charge in [0.2, 0.25) is 0 Å². The summed E-state index contributed by atoms with van der Waals surface area (Å²) in [5.74, 6) is -0.498. The van der Waals surface area contributed by atoms with E-state index < -0.39 is 18.2 Å². The van der Waals surface area contributed by atoms with Crippen LogP contribution in [0.5, 0.6) is 0 Å². The van der Waals surface area contributed by atoms with Crippen LogP contribution in [0.2, 0.25) is 0 Å². The number of aryl methyl sites for hydroxylation is 1. The van der Waals surface area contributed by atoms with Gasteiger partial charge in [-0.05, 0) is 26.0 Å². The lowest BCUT2D eigenvalue weighted by Crippen LogP contribution is -2.22. The molecule has 0 saturated carbocycles. The van der Waals surface area contributed by atoms with E-state index in [0.29, 0.717) is 4.88 Å². The van der Waals surface area contributed by atoms with Crippen LogP contribution < -0.4 is 0 Å². The van der Waals surface area contributed by atoms with E-state index in [-0.39, 0.29) is 13.0 Å². The molecule has 1 heterocycles. The molecule has 0 saturated heterocycles. The van der Waals surface area contributed by atoms with Gasteiger partial charge in [-0.3, -0.25) is 4.79 Å². The molecule has 0 aliphatic rings. The van der Waals surface area contributed by atoms with E-state index in [2.05, 4.69) is 0 Å². The number of aliphatic hydroxyl groups is 2. The first kappa shape index (κ1) is 13.2. The van der Waals surface area contributed by atoms with Gasteiger partial charge in [0, 0.05) is 9.75 Å². The third-order valence-electron chi connectivity index (χ3n) is 2.10. The molecule has 0 aliphatic carbocycles. The van der Waals surface area contributed by atoms with Crippen molar-refractivity contribution in [2.24, 2.45) is 0 Å². The van der Waals surface area contributed by atoms with E-state index in [4.69, 9.17) is 4.74 Å². The average Bonchev–Trinajstić information content (AvgIpc) is 2.64. The van der Waals surface area contributed by atoms with Gasteiger partial charge >= 0.3 is 5.97 Å². The zero-order valence-electron chi connectivity index (χ0n) is 9.34. The van der Waals surface area contributed by atoms with Gasteiger partial charge in [-0.15, -0.1) is 11.3 Å². The summed E-state index contributed by atoms with van der Waals surface area (Å²) in [5.41, 5.74) is 0. The number of esters is 1. The third kappa shape index (κ3) is 3.59. The molecule has 16 heavy (non-hydrogen) atoms. The van der Waals surface area contributed by atoms with Crippen molar-refractivity contribution in [2.75, 3.05) is 6.61 Å². The Hall–Kier alpha value is -0.910. The summed E-state index contributed by atoms with van der Waals surface area (Å²) in [5, 5.41) is 19.4. The predicted molar refractivity (Wildman–Crippen MR) is 61.3 cm³/mol. The Labute approximate surface area is 98.5 Å². The van der Waals surface area contributed by atoms with Crippen molar-refractivity contribution in [1.29, 1.82) is 0 Å². The minimum Gasteiger partial charge on any atom is -0.466 e. The van der Waals surface area contributed by atoms with Gasteiger partial charge in [0.15, 0.2) is 0 Å². The Kier molecular flexibility index (Phi) is 4.92. The number of hydrogen-bond donors (Lipinski definition) is 2. The van der Waals surface area contributed by atoms with Crippen LogP contribution in [-0.4, -0.2) is 28.9 Å². The number of carbonyl (C=O) groups is 1. The van der Waals surface area contributed by atoms with Crippen LogP contribution in [0.1, 0.15) is 29.2 Å². The Morgan fingerprint density at radius 1 is 1.50 bits per heavy atom. The van der Waals surface area contributed by atoms with E-state index in [1.807, 2.05) is 13.0 Å². The molecule has 2 N–H and O–H groups in total. The number of ether oxygens (including phenoxy) is 1. The largest absolute Gasteiger partial charge is 0.466 e. The molecular formula is C11H16O4S. The topological polar surface area (TPSA) is 66.8 Å². The maximum Gasteiger partial charge on any atom is 0.308 e. The molecule has 1 aromatic rings. The molecule has 2 unspecified atom stereocenters. The summed E-state index contributed by atoms with van der Waals surface area (Å²) in [4.78, 5) is 12.8. The number of rotatable bonds is 5. The average molecular weight is 244 g/mol. The van der Waals surface area contributed by atoms with Crippen LogP contribution in [0.4, 0.5) is 0 Å². The highest BCUT2D eigenvalue weighted by Crippen LogP contribution is 2.26. The molecule has 0 amide bonds. The first-order chi connectivity index (χ1) is 7.54. The van der Waals surface area contributed by atoms with Crippen molar-refractivity contribution in [3.63, 3.8) is 0 Å². The maximum atomic E-state index is 11.1. The maximum absolute atomic E-state index is 11.1. The van der Waals surface area contributed by atoms with E-state index in [1.54, 1.807) is 13.0 Å². The summed E-state index contributed by atoms with van der Waals surface area (Å²) in [7, 11) is 0. The van der Waals surface area contributed by atoms with Gasteiger partial charge < -0.3 is 14.9 Å². The highest BCUT2D eigenvalue weighted by Gasteiger charge is 2.23. The van der Waals surface area contributed by atoms with E-state index >= 15 is 0 Å². The van der Waals surface area contributed by atoms with Crippen molar-refractivity contribution in [3.8, 4) is 0 Å². The molecule has 5 heteroatoms. The lowest BCUT2D eigenvalue weighted by atomic mass is 10.1. The second-order valence-electron chi connectivity index (χ2n) is 3.47. The molecule has 0 spiro atoms. The van der Waals surface area contributed by atoms with Gasteiger partial charge in [0.25, 0.3) is 0 Å². The number of thiophene rings is 1. The quantitative estimate of drug-likeness (QED) is 0.768. The molecule has 90 valence electrons. The standard InChI is InChI=1S/C11H16O4S/c1-3-15-10(13)6-8(12)11(14)9-5-4-7(2)16-9/h4-5,8,11-12,14H,3,6H2,1-2H3. The molecule has 0 fully saturated rings. The minimum atomic E-state index is -1.11. The van der Waals surface area contributed by atoms with Crippen LogP contribution in [0, 0.1) is 6.92 Å². The molecule has 0 bridgehead atoms. The van der Waals surface area contributed by atoms with Crippen LogP contribution in [0.25, 0.3) is 0 Å². The summed E-state index contributed by atoms with van der Waals surface area (Å²) in [6.45, 7) is 3.89. The molecule has 2 atom stereocenters. The Balaban J connectivity index is 2.53. The fraction of sp³-hybridized carbons (Fsp3) is 0.545. The van der Waals surface area contributed by atoms with E-state index in [1.165, 1.54) is 11.3 Å². The van der Waals surface area contributed by atoms with Crippen molar-refractivity contribution in [1.82, 2.24) is 0 Å². The molecule has 4 nitrogen and oxygen atoms in total. The minimum absolute atomic E-state index is 0.189. The highest BCUT2D eigenvalue weighted by atomic mass is 32.1. The molecule has 0 radical (unpaired) electrons. The first-order valence-corrected chi connectivity index (χ1v) is 5.94. The lowest BCUT2D eigenvalue weighted by molar-refractivity contribution is -0.147. The van der Waals surface area contributed by atoms with Crippen molar-refractivity contribution >= 4 is 17.3 Å². The normalized spacial score (nSPS) is 14.5. The van der Waals surface area contributed by atoms with Crippen molar-refractivity contribution in [3.05, 3.63) is 21.9 Å². The van der Waals surface area contributed by atoms with Crippen LogP contribution in [0.15, 0.2) is 12.1 Å². The molecular weight excluding hydrogens is 228 g/mol. The van der Waals surface area contributed by atoms with Gasteiger partial charge in [-0.2, -0.15) is 0 Å². The predicted octanol–water partition coefficient (Wildman–Crippen LogP) is 1.40. The Morgan fingerprint density at radius 3 is 2.69 bits per heavy atom. The van der Waals surface area contributed by atoms with Crippen LogP contribution in [-0.2, 0) is 9.53 Å². The summed E-state index contributed by atoms with van der Waals surface area (Å²) in [6, 6.07) is 3.61. The summed E-state index contributed by atoms with van der Waals surface area (Å²) >= 11 is 1.40. The Morgan fingerprint density at radius 2 is 2.19 bits per heavy atom. The van der Waals surface area contributed by atoms with Crippen LogP contribution >= 0.6 is 11.3 Å². The zero-order chi connectivity index (χ0) is 12.1. The van der Waals surface area contributed by atoms with Gasteiger partial charge in [0.05, 0.1) is 19.1 Å². The zero-order valence-corrected chi connectivity index (χ0v) is 10.2. The lowest BCUT2D eigenvalue weighted by Gasteiger charge is -2.15. The summed E-state index contributed by atoms with van der Waals surface area (Å²) in [6.07, 6.45) is -2.33. The fourth-order valence-corrected chi connectivity index (χ4v) is 2.23.